The molecule has 6 nitrogen and oxygen atoms in total. The molecule has 1 fully saturated rings. The van der Waals surface area contributed by atoms with Crippen LogP contribution in [0.2, 0.25) is 0 Å². The summed E-state index contributed by atoms with van der Waals surface area (Å²) in [5.74, 6) is 0.101. The molecule has 1 atom stereocenters. The normalized spacial score (nSPS) is 18.4. The minimum atomic E-state index is -0.447. The lowest BCUT2D eigenvalue weighted by atomic mass is 9.82. The summed E-state index contributed by atoms with van der Waals surface area (Å²) < 4.78 is 5.69. The van der Waals surface area contributed by atoms with Gasteiger partial charge in [-0.2, -0.15) is 0 Å². The third-order valence-electron chi connectivity index (χ3n) is 5.95. The first-order valence-corrected chi connectivity index (χ1v) is 10.1. The van der Waals surface area contributed by atoms with Crippen molar-refractivity contribution in [1.29, 1.82) is 0 Å². The molecule has 2 amide bonds. The van der Waals surface area contributed by atoms with Crippen LogP contribution in [0.1, 0.15) is 57.8 Å². The minimum Gasteiger partial charge on any atom is -0.496 e. The predicted molar refractivity (Wildman–Crippen MR) is 114 cm³/mol. The van der Waals surface area contributed by atoms with E-state index in [1.807, 2.05) is 26.0 Å². The zero-order valence-electron chi connectivity index (χ0n) is 17.2. The number of benzene rings is 2. The molecule has 6 heteroatoms. The van der Waals surface area contributed by atoms with E-state index < -0.39 is 5.91 Å². The molecule has 3 N–H and O–H groups in total. The van der Waals surface area contributed by atoms with Gasteiger partial charge in [-0.25, -0.2) is 0 Å². The van der Waals surface area contributed by atoms with Crippen molar-refractivity contribution in [1.82, 2.24) is 0 Å². The molecule has 2 aliphatic heterocycles. The average Bonchev–Trinajstić information content (AvgIpc) is 3.20. The van der Waals surface area contributed by atoms with Crippen LogP contribution in [0.25, 0.3) is 0 Å². The Morgan fingerprint density at radius 2 is 1.86 bits per heavy atom. The average molecular weight is 393 g/mol. The number of rotatable bonds is 4. The zero-order chi connectivity index (χ0) is 20.7. The second-order valence-corrected chi connectivity index (χ2v) is 8.02. The summed E-state index contributed by atoms with van der Waals surface area (Å²) in [4.78, 5) is 27.0. The van der Waals surface area contributed by atoms with Crippen molar-refractivity contribution in [2.24, 2.45) is 5.73 Å². The van der Waals surface area contributed by atoms with Crippen molar-refractivity contribution < 1.29 is 14.3 Å². The molecule has 1 unspecified atom stereocenters. The molecule has 0 spiro atoms. The highest BCUT2D eigenvalue weighted by Gasteiger charge is 2.32. The Kier molecular flexibility index (Phi) is 4.94. The summed E-state index contributed by atoms with van der Waals surface area (Å²) in [6.45, 7) is 5.82. The SMILES string of the molecule is COc1c(C)cc(C)cc1C1CC(=O)Nc2cc(N3CCCC3)c(C(N)=O)cc21. The lowest BCUT2D eigenvalue weighted by Gasteiger charge is -2.30. The van der Waals surface area contributed by atoms with Crippen LogP contribution in [0.5, 0.6) is 5.75 Å². The number of ether oxygens (including phenoxy) is 1. The van der Waals surface area contributed by atoms with E-state index in [-0.39, 0.29) is 11.8 Å². The van der Waals surface area contributed by atoms with E-state index in [1.165, 1.54) is 0 Å². The van der Waals surface area contributed by atoms with Crippen LogP contribution in [0, 0.1) is 13.8 Å². The number of aryl methyl sites for hydroxylation is 2. The van der Waals surface area contributed by atoms with Gasteiger partial charge in [0, 0.05) is 36.7 Å². The number of nitrogens with zero attached hydrogens (tertiary/aromatic N) is 1. The maximum Gasteiger partial charge on any atom is 0.250 e. The summed E-state index contributed by atoms with van der Waals surface area (Å²) in [5.41, 5.74) is 11.8. The number of nitrogens with two attached hydrogens (primary N) is 1. The number of amides is 2. The Morgan fingerprint density at radius 3 is 2.52 bits per heavy atom. The van der Waals surface area contributed by atoms with Crippen LogP contribution in [-0.4, -0.2) is 32.0 Å². The number of primary amides is 1. The number of methoxy groups -OCH3 is 1. The van der Waals surface area contributed by atoms with Gasteiger partial charge < -0.3 is 20.7 Å². The number of carbonyl (C=O) groups excluding carboxylic acids is 2. The second kappa shape index (κ2) is 7.43. The first-order valence-electron chi connectivity index (χ1n) is 10.1. The highest BCUT2D eigenvalue weighted by molar-refractivity contribution is 6.03. The van der Waals surface area contributed by atoms with Gasteiger partial charge in [0.2, 0.25) is 5.91 Å². The molecule has 2 aromatic rings. The summed E-state index contributed by atoms with van der Waals surface area (Å²) >= 11 is 0. The molecule has 0 aromatic heterocycles. The van der Waals surface area contributed by atoms with Gasteiger partial charge in [0.05, 0.1) is 18.4 Å². The third kappa shape index (κ3) is 3.43. The molecule has 29 heavy (non-hydrogen) atoms. The highest BCUT2D eigenvalue weighted by atomic mass is 16.5. The molecule has 4 rings (SSSR count). The Balaban J connectivity index is 1.90. The third-order valence-corrected chi connectivity index (χ3v) is 5.95. The number of fused-ring (bicyclic) bond motifs is 1. The summed E-state index contributed by atoms with van der Waals surface area (Å²) in [6, 6.07) is 7.92. The standard InChI is InChI=1S/C23H27N3O3/c1-13-8-14(2)22(29-3)17(9-13)15-11-21(27)25-19-12-20(26-6-4-5-7-26)18(23(24)28)10-16(15)19/h8-10,12,15H,4-7,11H2,1-3H3,(H2,24,28)(H,25,27). The maximum atomic E-state index is 12.6. The van der Waals surface area contributed by atoms with Crippen molar-refractivity contribution in [3.63, 3.8) is 0 Å². The van der Waals surface area contributed by atoms with E-state index in [0.717, 1.165) is 65.3 Å². The summed E-state index contributed by atoms with van der Waals surface area (Å²) in [7, 11) is 1.65. The van der Waals surface area contributed by atoms with Crippen molar-refractivity contribution in [2.75, 3.05) is 30.4 Å². The fourth-order valence-electron chi connectivity index (χ4n) is 4.72. The Labute approximate surface area is 171 Å². The van der Waals surface area contributed by atoms with E-state index in [4.69, 9.17) is 10.5 Å². The summed E-state index contributed by atoms with van der Waals surface area (Å²) in [5, 5.41) is 3.00. The zero-order valence-corrected chi connectivity index (χ0v) is 17.2. The fraction of sp³-hybridized carbons (Fsp3) is 0.391. The molecular formula is C23H27N3O3. The molecule has 2 aromatic carbocycles. The molecule has 2 aliphatic rings. The molecule has 152 valence electrons. The van der Waals surface area contributed by atoms with Crippen molar-refractivity contribution in [2.45, 2.75) is 39.0 Å². The van der Waals surface area contributed by atoms with Crippen LogP contribution < -0.4 is 20.7 Å². The summed E-state index contributed by atoms with van der Waals surface area (Å²) in [6.07, 6.45) is 2.47. The van der Waals surface area contributed by atoms with Crippen molar-refractivity contribution in [3.8, 4) is 5.75 Å². The number of carbonyl (C=O) groups is 2. The monoisotopic (exact) mass is 393 g/mol. The Morgan fingerprint density at radius 1 is 1.14 bits per heavy atom. The topological polar surface area (TPSA) is 84.7 Å². The molecule has 1 saturated heterocycles. The number of hydrogen-bond donors (Lipinski definition) is 2. The molecule has 0 radical (unpaired) electrons. The first-order chi connectivity index (χ1) is 13.9. The van der Waals surface area contributed by atoms with E-state index in [2.05, 4.69) is 22.3 Å². The smallest absolute Gasteiger partial charge is 0.250 e. The molecule has 0 bridgehead atoms. The van der Waals surface area contributed by atoms with E-state index in [1.54, 1.807) is 7.11 Å². The quantitative estimate of drug-likeness (QED) is 0.833. The van der Waals surface area contributed by atoms with Gasteiger partial charge in [0.25, 0.3) is 5.91 Å². The van der Waals surface area contributed by atoms with E-state index >= 15 is 0 Å². The molecule has 0 saturated carbocycles. The van der Waals surface area contributed by atoms with Crippen LogP contribution in [0.4, 0.5) is 11.4 Å². The van der Waals surface area contributed by atoms with Gasteiger partial charge >= 0.3 is 0 Å². The van der Waals surface area contributed by atoms with Gasteiger partial charge in [-0.3, -0.25) is 9.59 Å². The van der Waals surface area contributed by atoms with Crippen molar-refractivity contribution in [3.05, 3.63) is 52.1 Å². The van der Waals surface area contributed by atoms with Gasteiger partial charge in [-0.15, -0.1) is 0 Å². The number of nitrogens with one attached hydrogen (secondary N) is 1. The molecule has 2 heterocycles. The van der Waals surface area contributed by atoms with Crippen LogP contribution in [0.3, 0.4) is 0 Å². The van der Waals surface area contributed by atoms with Gasteiger partial charge in [-0.1, -0.05) is 17.7 Å². The highest BCUT2D eigenvalue weighted by Crippen LogP contribution is 2.44. The minimum absolute atomic E-state index is 0.0390. The molecular weight excluding hydrogens is 366 g/mol. The van der Waals surface area contributed by atoms with Gasteiger partial charge in [0.1, 0.15) is 5.75 Å². The predicted octanol–water partition coefficient (Wildman–Crippen LogP) is 3.49. The largest absolute Gasteiger partial charge is 0.496 e. The van der Waals surface area contributed by atoms with Crippen LogP contribution in [0.15, 0.2) is 24.3 Å². The fourth-order valence-corrected chi connectivity index (χ4v) is 4.72. The lowest BCUT2D eigenvalue weighted by Crippen LogP contribution is -2.28. The second-order valence-electron chi connectivity index (χ2n) is 8.02. The van der Waals surface area contributed by atoms with Crippen LogP contribution >= 0.6 is 0 Å². The first kappa shape index (κ1) is 19.3. The number of hydrogen-bond acceptors (Lipinski definition) is 4. The molecule has 0 aliphatic carbocycles. The lowest BCUT2D eigenvalue weighted by molar-refractivity contribution is -0.116. The van der Waals surface area contributed by atoms with E-state index in [9.17, 15) is 9.59 Å². The Hall–Kier alpha value is -3.02. The maximum absolute atomic E-state index is 12.6. The number of anilines is 2. The van der Waals surface area contributed by atoms with Gasteiger partial charge in [0.15, 0.2) is 0 Å². The van der Waals surface area contributed by atoms with Crippen molar-refractivity contribution >= 4 is 23.2 Å². The Bertz CT molecular complexity index is 993. The van der Waals surface area contributed by atoms with E-state index in [0.29, 0.717) is 12.0 Å². The van der Waals surface area contributed by atoms with Gasteiger partial charge in [-0.05, 0) is 49.9 Å². The van der Waals surface area contributed by atoms with Crippen LogP contribution in [-0.2, 0) is 4.79 Å².